The third-order valence-corrected chi connectivity index (χ3v) is 2.57. The number of nitrogens with one attached hydrogen (secondary N) is 3. The van der Waals surface area contributed by atoms with Gasteiger partial charge in [-0.3, -0.25) is 0 Å². The number of anilines is 1. The van der Waals surface area contributed by atoms with Gasteiger partial charge in [-0.05, 0) is 18.2 Å². The molecular weight excluding hydrogens is 288 g/mol. The van der Waals surface area contributed by atoms with E-state index < -0.39 is 12.0 Å². The molecule has 0 saturated carbocycles. The van der Waals surface area contributed by atoms with Gasteiger partial charge in [0.05, 0.1) is 22.8 Å². The molecule has 2 rings (SSSR count). The van der Waals surface area contributed by atoms with Gasteiger partial charge in [-0.25, -0.2) is 9.59 Å². The molecule has 9 nitrogen and oxygen atoms in total. The fourth-order valence-corrected chi connectivity index (χ4v) is 1.56. The number of carboxylic acids is 1. The van der Waals surface area contributed by atoms with Gasteiger partial charge in [0.2, 0.25) is 0 Å². The van der Waals surface area contributed by atoms with Crippen molar-refractivity contribution in [2.24, 2.45) is 0 Å². The van der Waals surface area contributed by atoms with Crippen LogP contribution in [0, 0.1) is 0 Å². The minimum absolute atomic E-state index is 0.0350. The van der Waals surface area contributed by atoms with Crippen molar-refractivity contribution in [2.75, 3.05) is 5.32 Å². The molecule has 0 unspecified atom stereocenters. The van der Waals surface area contributed by atoms with Crippen LogP contribution in [0.3, 0.4) is 0 Å². The number of benzene rings is 1. The summed E-state index contributed by atoms with van der Waals surface area (Å²) in [6.07, 6.45) is 0. The number of amides is 2. The van der Waals surface area contributed by atoms with Crippen LogP contribution in [0.15, 0.2) is 18.2 Å². The van der Waals surface area contributed by atoms with E-state index in [1.54, 1.807) is 0 Å². The summed E-state index contributed by atoms with van der Waals surface area (Å²) in [6.45, 7) is 0.0904. The Hall–Kier alpha value is -2.68. The molecule has 2 amide bonds. The maximum atomic E-state index is 11.6. The molecule has 4 N–H and O–H groups in total. The van der Waals surface area contributed by atoms with Crippen LogP contribution in [0.1, 0.15) is 16.2 Å². The lowest BCUT2D eigenvalue weighted by Gasteiger charge is -2.08. The molecule has 2 aromatic rings. The number of carbonyl (C=O) groups is 2. The van der Waals surface area contributed by atoms with Gasteiger partial charge in [-0.1, -0.05) is 16.8 Å². The smallest absolute Gasteiger partial charge is 0.335 e. The van der Waals surface area contributed by atoms with Crippen molar-refractivity contribution in [3.05, 3.63) is 34.6 Å². The van der Waals surface area contributed by atoms with Crippen LogP contribution >= 0.6 is 11.6 Å². The number of hydrogen-bond acceptors (Lipinski definition) is 5. The lowest BCUT2D eigenvalue weighted by atomic mass is 10.2. The van der Waals surface area contributed by atoms with E-state index in [-0.39, 0.29) is 17.1 Å². The Labute approximate surface area is 117 Å². The summed E-state index contributed by atoms with van der Waals surface area (Å²) < 4.78 is 0. The van der Waals surface area contributed by atoms with E-state index in [2.05, 4.69) is 31.3 Å². The number of tetrazole rings is 1. The number of carbonyl (C=O) groups excluding carboxylic acids is 1. The molecule has 10 heteroatoms. The van der Waals surface area contributed by atoms with Crippen molar-refractivity contribution in [3.8, 4) is 0 Å². The lowest BCUT2D eigenvalue weighted by Crippen LogP contribution is -2.28. The first kappa shape index (κ1) is 13.7. The molecule has 1 heterocycles. The quantitative estimate of drug-likeness (QED) is 0.661. The van der Waals surface area contributed by atoms with E-state index in [9.17, 15) is 9.59 Å². The molecular formula is C10H9ClN6O3. The Balaban J connectivity index is 1.95. The maximum Gasteiger partial charge on any atom is 0.335 e. The second-order valence-electron chi connectivity index (χ2n) is 3.64. The number of aromatic carboxylic acids is 1. The van der Waals surface area contributed by atoms with Crippen molar-refractivity contribution in [2.45, 2.75) is 6.54 Å². The van der Waals surface area contributed by atoms with Crippen molar-refractivity contribution in [1.29, 1.82) is 0 Å². The third-order valence-electron chi connectivity index (χ3n) is 2.26. The number of urea groups is 1. The number of aromatic nitrogens is 4. The lowest BCUT2D eigenvalue weighted by molar-refractivity contribution is 0.0697. The van der Waals surface area contributed by atoms with Crippen LogP contribution < -0.4 is 10.6 Å². The molecule has 0 saturated heterocycles. The predicted molar refractivity (Wildman–Crippen MR) is 68.4 cm³/mol. The summed E-state index contributed by atoms with van der Waals surface area (Å²) in [5, 5.41) is 26.8. The molecule has 0 aliphatic heterocycles. The molecule has 0 radical (unpaired) electrons. The average molecular weight is 297 g/mol. The highest BCUT2D eigenvalue weighted by atomic mass is 35.5. The largest absolute Gasteiger partial charge is 0.478 e. The maximum absolute atomic E-state index is 11.6. The molecule has 0 fully saturated rings. The van der Waals surface area contributed by atoms with Gasteiger partial charge in [0.15, 0.2) is 5.82 Å². The van der Waals surface area contributed by atoms with E-state index in [1.807, 2.05) is 0 Å². The van der Waals surface area contributed by atoms with Crippen molar-refractivity contribution < 1.29 is 14.7 Å². The standard InChI is InChI=1S/C10H9ClN6O3/c11-6-3-5(9(18)19)1-2-7(6)13-10(20)12-4-8-14-16-17-15-8/h1-3H,4H2,(H,18,19)(H2,12,13,20)(H,14,15,16,17). The van der Waals surface area contributed by atoms with Crippen LogP contribution in [0.2, 0.25) is 5.02 Å². The molecule has 1 aromatic heterocycles. The molecule has 0 atom stereocenters. The molecule has 20 heavy (non-hydrogen) atoms. The first-order chi connectivity index (χ1) is 9.56. The summed E-state index contributed by atoms with van der Waals surface area (Å²) in [4.78, 5) is 22.3. The van der Waals surface area contributed by atoms with Gasteiger partial charge >= 0.3 is 12.0 Å². The first-order valence-electron chi connectivity index (χ1n) is 5.36. The topological polar surface area (TPSA) is 133 Å². The first-order valence-corrected chi connectivity index (χ1v) is 5.74. The number of rotatable bonds is 4. The van der Waals surface area contributed by atoms with Gasteiger partial charge in [0.25, 0.3) is 0 Å². The molecule has 104 valence electrons. The summed E-state index contributed by atoms with van der Waals surface area (Å²) >= 11 is 5.87. The Bertz CT molecular complexity index is 630. The highest BCUT2D eigenvalue weighted by Gasteiger charge is 2.10. The monoisotopic (exact) mass is 296 g/mol. The third kappa shape index (κ3) is 3.42. The minimum Gasteiger partial charge on any atom is -0.478 e. The number of aromatic amines is 1. The molecule has 0 bridgehead atoms. The van der Waals surface area contributed by atoms with Gasteiger partial charge in [-0.15, -0.1) is 10.2 Å². The SMILES string of the molecule is O=C(NCc1nn[nH]n1)Nc1ccc(C(=O)O)cc1Cl. The van der Waals surface area contributed by atoms with Gasteiger partial charge < -0.3 is 15.7 Å². The summed E-state index contributed by atoms with van der Waals surface area (Å²) in [6, 6.07) is 3.46. The fourth-order valence-electron chi connectivity index (χ4n) is 1.33. The van der Waals surface area contributed by atoms with E-state index in [0.29, 0.717) is 11.5 Å². The number of hydrogen-bond donors (Lipinski definition) is 4. The molecule has 0 spiro atoms. The van der Waals surface area contributed by atoms with E-state index in [1.165, 1.54) is 18.2 Å². The minimum atomic E-state index is -1.10. The zero-order valence-electron chi connectivity index (χ0n) is 9.92. The van der Waals surface area contributed by atoms with E-state index in [4.69, 9.17) is 16.7 Å². The Morgan fingerprint density at radius 2 is 2.20 bits per heavy atom. The molecule has 0 aliphatic rings. The summed E-state index contributed by atoms with van der Waals surface area (Å²) in [5.74, 6) is -0.771. The average Bonchev–Trinajstić information content (AvgIpc) is 2.91. The van der Waals surface area contributed by atoms with Crippen LogP contribution in [-0.4, -0.2) is 37.7 Å². The van der Waals surface area contributed by atoms with Crippen molar-refractivity contribution in [1.82, 2.24) is 25.9 Å². The highest BCUT2D eigenvalue weighted by Crippen LogP contribution is 2.22. The van der Waals surface area contributed by atoms with Crippen LogP contribution in [-0.2, 0) is 6.54 Å². The van der Waals surface area contributed by atoms with E-state index >= 15 is 0 Å². The summed E-state index contributed by atoms with van der Waals surface area (Å²) in [5.41, 5.74) is 0.329. The Kier molecular flexibility index (Phi) is 4.11. The van der Waals surface area contributed by atoms with Gasteiger partial charge in [0, 0.05) is 0 Å². The fraction of sp³-hybridized carbons (Fsp3) is 0.100. The number of H-pyrrole nitrogens is 1. The van der Waals surface area contributed by atoms with Gasteiger partial charge in [0.1, 0.15) is 0 Å². The number of carboxylic acid groups (broad SMARTS) is 1. The van der Waals surface area contributed by atoms with Crippen LogP contribution in [0.4, 0.5) is 10.5 Å². The Morgan fingerprint density at radius 3 is 2.80 bits per heavy atom. The number of halogens is 1. The van der Waals surface area contributed by atoms with Gasteiger partial charge in [-0.2, -0.15) is 5.21 Å². The zero-order chi connectivity index (χ0) is 14.5. The van der Waals surface area contributed by atoms with Crippen molar-refractivity contribution >= 4 is 29.3 Å². The predicted octanol–water partition coefficient (Wildman–Crippen LogP) is 0.873. The number of nitrogens with zero attached hydrogens (tertiary/aromatic N) is 3. The zero-order valence-corrected chi connectivity index (χ0v) is 10.7. The van der Waals surface area contributed by atoms with Crippen LogP contribution in [0.5, 0.6) is 0 Å². The Morgan fingerprint density at radius 1 is 1.40 bits per heavy atom. The second-order valence-corrected chi connectivity index (χ2v) is 4.04. The van der Waals surface area contributed by atoms with Crippen LogP contribution in [0.25, 0.3) is 0 Å². The summed E-state index contributed by atoms with van der Waals surface area (Å²) in [7, 11) is 0. The highest BCUT2D eigenvalue weighted by molar-refractivity contribution is 6.34. The second kappa shape index (κ2) is 5.97. The molecule has 1 aromatic carbocycles. The van der Waals surface area contributed by atoms with Crippen molar-refractivity contribution in [3.63, 3.8) is 0 Å². The normalized spacial score (nSPS) is 10.1. The molecule has 0 aliphatic carbocycles. The van der Waals surface area contributed by atoms with E-state index in [0.717, 1.165) is 0 Å².